The van der Waals surface area contributed by atoms with Crippen molar-refractivity contribution in [1.29, 1.82) is 0 Å². The van der Waals surface area contributed by atoms with E-state index in [-0.39, 0.29) is 6.54 Å². The minimum atomic E-state index is -4.73. The van der Waals surface area contributed by atoms with Crippen LogP contribution in [0, 0.1) is 0 Å². The summed E-state index contributed by atoms with van der Waals surface area (Å²) in [5, 5.41) is 1.75. The zero-order chi connectivity index (χ0) is 15.7. The van der Waals surface area contributed by atoms with Gasteiger partial charge in [-0.15, -0.1) is 11.3 Å². The number of sulfonamides is 1. The average Bonchev–Trinajstić information content (AvgIpc) is 2.81. The van der Waals surface area contributed by atoms with Gasteiger partial charge in [-0.2, -0.15) is 13.2 Å². The molecule has 0 amide bonds. The Balaban J connectivity index is 2.30. The van der Waals surface area contributed by atoms with E-state index in [2.05, 4.69) is 20.7 Å². The molecule has 3 nitrogen and oxygen atoms in total. The summed E-state index contributed by atoms with van der Waals surface area (Å²) in [5.41, 5.74) is -1.18. The number of hydrogen-bond acceptors (Lipinski definition) is 3. The summed E-state index contributed by atoms with van der Waals surface area (Å²) in [7, 11) is -4.25. The Hall–Kier alpha value is -0.900. The van der Waals surface area contributed by atoms with E-state index in [4.69, 9.17) is 0 Å². The molecule has 0 atom stereocenters. The molecule has 0 fully saturated rings. The third kappa shape index (κ3) is 3.85. The van der Waals surface area contributed by atoms with Crippen molar-refractivity contribution in [1.82, 2.24) is 4.72 Å². The second kappa shape index (κ2) is 6.07. The molecule has 114 valence electrons. The van der Waals surface area contributed by atoms with Crippen molar-refractivity contribution < 1.29 is 21.6 Å². The second-order valence-corrected chi connectivity index (χ2v) is 7.60. The lowest BCUT2D eigenvalue weighted by Crippen LogP contribution is -2.25. The first kappa shape index (κ1) is 16.5. The summed E-state index contributed by atoms with van der Waals surface area (Å²) in [6.45, 7) is -0.0766. The van der Waals surface area contributed by atoms with Crippen molar-refractivity contribution in [3.8, 4) is 0 Å². The van der Waals surface area contributed by atoms with Gasteiger partial charge >= 0.3 is 6.18 Å². The van der Waals surface area contributed by atoms with Gasteiger partial charge in [0, 0.05) is 15.9 Å². The van der Waals surface area contributed by atoms with Crippen LogP contribution in [-0.4, -0.2) is 8.42 Å². The van der Waals surface area contributed by atoms with E-state index >= 15 is 0 Å². The molecule has 1 aromatic carbocycles. The maximum atomic E-state index is 12.9. The Labute approximate surface area is 132 Å². The molecule has 1 N–H and O–H groups in total. The standard InChI is InChI=1S/C12H9BrF3NO2S2/c13-9-5-6-20-10(9)7-17-21(18,19)11-4-2-1-3-8(11)12(14,15)16/h1-6,17H,7H2. The number of halogens is 4. The fourth-order valence-corrected chi connectivity index (χ4v) is 4.37. The predicted molar refractivity (Wildman–Crippen MR) is 77.5 cm³/mol. The van der Waals surface area contributed by atoms with Gasteiger partial charge in [0.25, 0.3) is 0 Å². The molecular formula is C12H9BrF3NO2S2. The lowest BCUT2D eigenvalue weighted by Gasteiger charge is -2.13. The third-order valence-electron chi connectivity index (χ3n) is 2.60. The first-order chi connectivity index (χ1) is 9.72. The summed E-state index contributed by atoms with van der Waals surface area (Å²) in [6.07, 6.45) is -4.73. The van der Waals surface area contributed by atoms with Gasteiger partial charge in [0.05, 0.1) is 10.5 Å². The number of benzene rings is 1. The summed E-state index contributed by atoms with van der Waals surface area (Å²) in [4.78, 5) is -0.0896. The minimum absolute atomic E-state index is 0.0766. The van der Waals surface area contributed by atoms with Crippen LogP contribution in [0.2, 0.25) is 0 Å². The summed E-state index contributed by atoms with van der Waals surface area (Å²) >= 11 is 4.53. The van der Waals surface area contributed by atoms with Gasteiger partial charge in [0.1, 0.15) is 0 Å². The Kier molecular flexibility index (Phi) is 4.76. The highest BCUT2D eigenvalue weighted by Gasteiger charge is 2.36. The van der Waals surface area contributed by atoms with Crippen LogP contribution in [0.25, 0.3) is 0 Å². The zero-order valence-corrected chi connectivity index (χ0v) is 13.5. The quantitative estimate of drug-likeness (QED) is 0.843. The largest absolute Gasteiger partial charge is 0.417 e. The van der Waals surface area contributed by atoms with Crippen LogP contribution in [-0.2, 0) is 22.7 Å². The van der Waals surface area contributed by atoms with Crippen molar-refractivity contribution in [3.05, 3.63) is 50.6 Å². The Morgan fingerprint density at radius 2 is 1.86 bits per heavy atom. The maximum absolute atomic E-state index is 12.9. The van der Waals surface area contributed by atoms with Crippen LogP contribution in [0.4, 0.5) is 13.2 Å². The first-order valence-electron chi connectivity index (χ1n) is 5.59. The molecule has 0 saturated carbocycles. The molecule has 0 aliphatic carbocycles. The van der Waals surface area contributed by atoms with Crippen molar-refractivity contribution in [2.45, 2.75) is 17.6 Å². The van der Waals surface area contributed by atoms with Crippen LogP contribution in [0.1, 0.15) is 10.4 Å². The van der Waals surface area contributed by atoms with Crippen LogP contribution >= 0.6 is 27.3 Å². The molecule has 0 unspecified atom stereocenters. The number of alkyl halides is 3. The highest BCUT2D eigenvalue weighted by Crippen LogP contribution is 2.34. The van der Waals surface area contributed by atoms with E-state index < -0.39 is 26.7 Å². The van der Waals surface area contributed by atoms with Gasteiger partial charge in [-0.05, 0) is 39.5 Å². The maximum Gasteiger partial charge on any atom is 0.417 e. The van der Waals surface area contributed by atoms with Gasteiger partial charge in [0.15, 0.2) is 0 Å². The molecule has 0 saturated heterocycles. The number of rotatable bonds is 4. The van der Waals surface area contributed by atoms with Crippen LogP contribution in [0.3, 0.4) is 0 Å². The van der Waals surface area contributed by atoms with E-state index in [9.17, 15) is 21.6 Å². The third-order valence-corrected chi connectivity index (χ3v) is 5.98. The zero-order valence-electron chi connectivity index (χ0n) is 10.3. The molecule has 1 aromatic heterocycles. The number of thiophene rings is 1. The van der Waals surface area contributed by atoms with Crippen molar-refractivity contribution in [3.63, 3.8) is 0 Å². The lowest BCUT2D eigenvalue weighted by molar-refractivity contribution is -0.139. The second-order valence-electron chi connectivity index (χ2n) is 4.01. The Morgan fingerprint density at radius 1 is 1.19 bits per heavy atom. The van der Waals surface area contributed by atoms with Crippen LogP contribution < -0.4 is 4.72 Å². The fraction of sp³-hybridized carbons (Fsp3) is 0.167. The average molecular weight is 400 g/mol. The topological polar surface area (TPSA) is 46.2 Å². The van der Waals surface area contributed by atoms with Gasteiger partial charge < -0.3 is 0 Å². The Bertz CT molecular complexity index is 741. The highest BCUT2D eigenvalue weighted by molar-refractivity contribution is 9.10. The van der Waals surface area contributed by atoms with E-state index in [1.807, 2.05) is 0 Å². The molecule has 21 heavy (non-hydrogen) atoms. The molecule has 0 radical (unpaired) electrons. The lowest BCUT2D eigenvalue weighted by atomic mass is 10.2. The summed E-state index contributed by atoms with van der Waals surface area (Å²) in [5.74, 6) is 0. The molecular weight excluding hydrogens is 391 g/mol. The van der Waals surface area contributed by atoms with Crippen LogP contribution in [0.15, 0.2) is 45.1 Å². The first-order valence-corrected chi connectivity index (χ1v) is 8.75. The SMILES string of the molecule is O=S(=O)(NCc1sccc1Br)c1ccccc1C(F)(F)F. The van der Waals surface area contributed by atoms with E-state index in [1.54, 1.807) is 11.4 Å². The smallest absolute Gasteiger partial charge is 0.207 e. The molecule has 2 aromatic rings. The monoisotopic (exact) mass is 399 g/mol. The van der Waals surface area contributed by atoms with E-state index in [0.29, 0.717) is 9.35 Å². The molecule has 0 aliphatic heterocycles. The molecule has 0 aliphatic rings. The van der Waals surface area contributed by atoms with E-state index in [0.717, 1.165) is 18.2 Å². The number of nitrogens with one attached hydrogen (secondary N) is 1. The molecule has 0 bridgehead atoms. The predicted octanol–water partition coefficient (Wildman–Crippen LogP) is 4.01. The molecule has 2 rings (SSSR count). The summed E-state index contributed by atoms with van der Waals surface area (Å²) < 4.78 is 65.6. The van der Waals surface area contributed by atoms with Crippen LogP contribution in [0.5, 0.6) is 0 Å². The van der Waals surface area contributed by atoms with Crippen molar-refractivity contribution in [2.24, 2.45) is 0 Å². The molecule has 0 spiro atoms. The molecule has 1 heterocycles. The van der Waals surface area contributed by atoms with Gasteiger partial charge in [-0.3, -0.25) is 0 Å². The normalized spacial score (nSPS) is 12.6. The minimum Gasteiger partial charge on any atom is -0.207 e. The van der Waals surface area contributed by atoms with E-state index in [1.165, 1.54) is 17.4 Å². The highest BCUT2D eigenvalue weighted by atomic mass is 79.9. The van der Waals surface area contributed by atoms with Gasteiger partial charge in [-0.25, -0.2) is 13.1 Å². The van der Waals surface area contributed by atoms with Gasteiger partial charge in [0.2, 0.25) is 10.0 Å². The number of hydrogen-bond donors (Lipinski definition) is 1. The fourth-order valence-electron chi connectivity index (χ4n) is 1.62. The van der Waals surface area contributed by atoms with Gasteiger partial charge in [-0.1, -0.05) is 12.1 Å². The van der Waals surface area contributed by atoms with Crippen molar-refractivity contribution >= 4 is 37.3 Å². The summed E-state index contributed by atoms with van der Waals surface area (Å²) in [6, 6.07) is 5.82. The van der Waals surface area contributed by atoms with Crippen molar-refractivity contribution in [2.75, 3.05) is 0 Å². The Morgan fingerprint density at radius 3 is 2.43 bits per heavy atom. The molecule has 9 heteroatoms.